The van der Waals surface area contributed by atoms with Crippen molar-refractivity contribution in [2.24, 2.45) is 0 Å². The van der Waals surface area contributed by atoms with Crippen molar-refractivity contribution in [1.82, 2.24) is 15.0 Å². The number of aromatic nitrogens is 3. The standard InChI is InChI=1S/C19H19ClFN3/c1-2-15-3-5-16(6-4-15)13-19(21,14-24-12-11-22-23-24)17-7-9-18(20)10-8-17/h3-12H,2,13-14H2,1H3. The molecule has 0 radical (unpaired) electrons. The van der Waals surface area contributed by atoms with Gasteiger partial charge >= 0.3 is 0 Å². The summed E-state index contributed by atoms with van der Waals surface area (Å²) in [7, 11) is 0. The second-order valence-corrected chi connectivity index (χ2v) is 6.36. The Bertz CT molecular complexity index is 769. The Labute approximate surface area is 146 Å². The third-order valence-corrected chi connectivity index (χ3v) is 4.41. The van der Waals surface area contributed by atoms with Gasteiger partial charge in [0.05, 0.1) is 12.7 Å². The van der Waals surface area contributed by atoms with Crippen molar-refractivity contribution in [3.05, 3.63) is 82.6 Å². The summed E-state index contributed by atoms with van der Waals surface area (Å²) in [4.78, 5) is 0. The van der Waals surface area contributed by atoms with E-state index < -0.39 is 5.67 Å². The van der Waals surface area contributed by atoms with E-state index in [1.54, 1.807) is 36.7 Å². The molecule has 0 saturated carbocycles. The molecule has 2 aromatic carbocycles. The summed E-state index contributed by atoms with van der Waals surface area (Å²) in [5, 5.41) is 8.27. The lowest BCUT2D eigenvalue weighted by Crippen LogP contribution is -2.29. The molecule has 0 aliphatic rings. The number of alkyl halides is 1. The molecule has 3 aromatic rings. The molecule has 1 atom stereocenters. The molecular weight excluding hydrogens is 325 g/mol. The summed E-state index contributed by atoms with van der Waals surface area (Å²) in [5.41, 5.74) is 1.18. The van der Waals surface area contributed by atoms with E-state index in [1.165, 1.54) is 10.2 Å². The van der Waals surface area contributed by atoms with Crippen LogP contribution in [-0.4, -0.2) is 15.0 Å². The van der Waals surface area contributed by atoms with E-state index in [-0.39, 0.29) is 13.0 Å². The van der Waals surface area contributed by atoms with E-state index in [4.69, 9.17) is 11.6 Å². The molecule has 0 amide bonds. The fourth-order valence-corrected chi connectivity index (χ4v) is 2.91. The minimum Gasteiger partial charge on any atom is -0.249 e. The summed E-state index contributed by atoms with van der Waals surface area (Å²) < 4.78 is 17.5. The molecule has 1 aromatic heterocycles. The Morgan fingerprint density at radius 2 is 1.71 bits per heavy atom. The van der Waals surface area contributed by atoms with Gasteiger partial charge in [0.25, 0.3) is 0 Å². The van der Waals surface area contributed by atoms with Crippen LogP contribution in [0.5, 0.6) is 0 Å². The van der Waals surface area contributed by atoms with Gasteiger partial charge in [-0.3, -0.25) is 0 Å². The van der Waals surface area contributed by atoms with Gasteiger partial charge in [0.15, 0.2) is 5.67 Å². The van der Waals surface area contributed by atoms with Gasteiger partial charge in [-0.05, 0) is 35.2 Å². The second-order valence-electron chi connectivity index (χ2n) is 5.92. The van der Waals surface area contributed by atoms with Gasteiger partial charge in [0.1, 0.15) is 0 Å². The molecule has 0 spiro atoms. The summed E-state index contributed by atoms with van der Waals surface area (Å²) >= 11 is 5.95. The van der Waals surface area contributed by atoms with Crippen LogP contribution in [0.15, 0.2) is 60.9 Å². The van der Waals surface area contributed by atoms with Crippen LogP contribution in [0.4, 0.5) is 4.39 Å². The summed E-state index contributed by atoms with van der Waals surface area (Å²) in [6.45, 7) is 2.21. The molecule has 0 bridgehead atoms. The quantitative estimate of drug-likeness (QED) is 0.654. The number of hydrogen-bond donors (Lipinski definition) is 0. The summed E-state index contributed by atoms with van der Waals surface area (Å²) in [6.07, 6.45) is 4.46. The Kier molecular flexibility index (Phi) is 4.95. The lowest BCUT2D eigenvalue weighted by atomic mass is 9.88. The third kappa shape index (κ3) is 3.82. The predicted molar refractivity (Wildman–Crippen MR) is 93.8 cm³/mol. The smallest absolute Gasteiger partial charge is 0.159 e. The van der Waals surface area contributed by atoms with Gasteiger partial charge in [-0.15, -0.1) is 5.10 Å². The van der Waals surface area contributed by atoms with Crippen molar-refractivity contribution in [2.45, 2.75) is 32.0 Å². The minimum atomic E-state index is -1.59. The first-order valence-electron chi connectivity index (χ1n) is 7.96. The van der Waals surface area contributed by atoms with Crippen molar-refractivity contribution in [2.75, 3.05) is 0 Å². The maximum Gasteiger partial charge on any atom is 0.159 e. The van der Waals surface area contributed by atoms with Crippen LogP contribution in [-0.2, 0) is 25.1 Å². The van der Waals surface area contributed by atoms with Gasteiger partial charge in [0, 0.05) is 17.6 Å². The van der Waals surface area contributed by atoms with Crippen molar-refractivity contribution in [3.63, 3.8) is 0 Å². The maximum atomic E-state index is 16.0. The number of aryl methyl sites for hydroxylation is 1. The number of benzene rings is 2. The lowest BCUT2D eigenvalue weighted by Gasteiger charge is -2.26. The molecular formula is C19H19ClFN3. The Balaban J connectivity index is 1.92. The van der Waals surface area contributed by atoms with Crippen molar-refractivity contribution >= 4 is 11.6 Å². The van der Waals surface area contributed by atoms with Gasteiger partial charge in [-0.1, -0.05) is 60.1 Å². The van der Waals surface area contributed by atoms with Crippen LogP contribution in [0.3, 0.4) is 0 Å². The molecule has 0 N–H and O–H groups in total. The van der Waals surface area contributed by atoms with Crippen LogP contribution in [0.1, 0.15) is 23.6 Å². The summed E-state index contributed by atoms with van der Waals surface area (Å²) in [5.74, 6) is 0. The Morgan fingerprint density at radius 1 is 1.04 bits per heavy atom. The SMILES string of the molecule is CCc1ccc(CC(F)(Cn2ccnn2)c2ccc(Cl)cc2)cc1. The molecule has 24 heavy (non-hydrogen) atoms. The molecule has 3 rings (SSSR count). The molecule has 0 aliphatic carbocycles. The van der Waals surface area contributed by atoms with Crippen LogP contribution >= 0.6 is 11.6 Å². The van der Waals surface area contributed by atoms with Gasteiger partial charge in [-0.25, -0.2) is 9.07 Å². The van der Waals surface area contributed by atoms with E-state index in [0.717, 1.165) is 12.0 Å². The van der Waals surface area contributed by atoms with E-state index >= 15 is 4.39 Å². The van der Waals surface area contributed by atoms with E-state index in [0.29, 0.717) is 10.6 Å². The highest BCUT2D eigenvalue weighted by atomic mass is 35.5. The average molecular weight is 344 g/mol. The third-order valence-electron chi connectivity index (χ3n) is 4.16. The van der Waals surface area contributed by atoms with E-state index in [2.05, 4.69) is 17.2 Å². The molecule has 0 aliphatic heterocycles. The number of halogens is 2. The molecule has 5 heteroatoms. The molecule has 1 unspecified atom stereocenters. The summed E-state index contributed by atoms with van der Waals surface area (Å²) in [6, 6.07) is 15.0. The Hall–Kier alpha value is -2.20. The average Bonchev–Trinajstić information content (AvgIpc) is 3.08. The minimum absolute atomic E-state index is 0.101. The number of hydrogen-bond acceptors (Lipinski definition) is 2. The Morgan fingerprint density at radius 3 is 2.29 bits per heavy atom. The first-order valence-corrected chi connectivity index (χ1v) is 8.34. The molecule has 3 nitrogen and oxygen atoms in total. The number of rotatable bonds is 6. The van der Waals surface area contributed by atoms with Crippen LogP contribution in [0.25, 0.3) is 0 Å². The van der Waals surface area contributed by atoms with Crippen molar-refractivity contribution < 1.29 is 4.39 Å². The second kappa shape index (κ2) is 7.14. The zero-order valence-electron chi connectivity index (χ0n) is 13.5. The van der Waals surface area contributed by atoms with Gasteiger partial charge < -0.3 is 0 Å². The number of nitrogens with zero attached hydrogens (tertiary/aromatic N) is 3. The largest absolute Gasteiger partial charge is 0.249 e. The maximum absolute atomic E-state index is 16.0. The highest BCUT2D eigenvalue weighted by molar-refractivity contribution is 6.30. The van der Waals surface area contributed by atoms with Gasteiger partial charge in [0.2, 0.25) is 0 Å². The fourth-order valence-electron chi connectivity index (χ4n) is 2.79. The van der Waals surface area contributed by atoms with Crippen LogP contribution < -0.4 is 0 Å². The topological polar surface area (TPSA) is 30.7 Å². The molecule has 1 heterocycles. The molecule has 0 saturated heterocycles. The molecule has 0 fully saturated rings. The van der Waals surface area contributed by atoms with E-state index in [1.807, 2.05) is 24.3 Å². The normalized spacial score (nSPS) is 13.6. The van der Waals surface area contributed by atoms with Crippen LogP contribution in [0.2, 0.25) is 5.02 Å². The first kappa shape index (κ1) is 16.7. The zero-order valence-corrected chi connectivity index (χ0v) is 14.2. The highest BCUT2D eigenvalue weighted by Crippen LogP contribution is 2.33. The van der Waals surface area contributed by atoms with Crippen LogP contribution in [0, 0.1) is 0 Å². The zero-order chi connectivity index (χ0) is 17.0. The van der Waals surface area contributed by atoms with E-state index in [9.17, 15) is 0 Å². The predicted octanol–water partition coefficient (Wildman–Crippen LogP) is 4.60. The van der Waals surface area contributed by atoms with Crippen molar-refractivity contribution in [1.29, 1.82) is 0 Å². The monoisotopic (exact) mass is 343 g/mol. The fraction of sp³-hybridized carbons (Fsp3) is 0.263. The highest BCUT2D eigenvalue weighted by Gasteiger charge is 2.33. The first-order chi connectivity index (χ1) is 11.6. The van der Waals surface area contributed by atoms with Crippen molar-refractivity contribution in [3.8, 4) is 0 Å². The lowest BCUT2D eigenvalue weighted by molar-refractivity contribution is 0.129. The van der Waals surface area contributed by atoms with Gasteiger partial charge in [-0.2, -0.15) is 0 Å². The molecule has 124 valence electrons.